The van der Waals surface area contributed by atoms with Gasteiger partial charge in [-0.2, -0.15) is 0 Å². The molecule has 24 heavy (non-hydrogen) atoms. The maximum atomic E-state index is 12.5. The SMILES string of the molecule is NCCCC[C@H](N)C(=O)N1C[C@@H](CCB(O)O)C[C@](N)(C(=O)O)C1. The minimum atomic E-state index is -1.55. The van der Waals surface area contributed by atoms with Crippen molar-refractivity contribution in [2.45, 2.75) is 50.0 Å². The van der Waals surface area contributed by atoms with Crippen LogP contribution in [-0.2, 0) is 9.59 Å². The molecule has 0 saturated carbocycles. The summed E-state index contributed by atoms with van der Waals surface area (Å²) in [6.45, 7) is 0.757. The van der Waals surface area contributed by atoms with Crippen molar-refractivity contribution >= 4 is 19.0 Å². The molecule has 0 bridgehead atoms. The Hall–Kier alpha value is -1.20. The average Bonchev–Trinajstić information content (AvgIpc) is 2.51. The number of unbranched alkanes of at least 4 members (excludes halogenated alkanes) is 1. The number of rotatable bonds is 9. The van der Waals surface area contributed by atoms with Crippen LogP contribution in [0.25, 0.3) is 0 Å². The lowest BCUT2D eigenvalue weighted by atomic mass is 9.75. The predicted molar refractivity (Wildman–Crippen MR) is 89.7 cm³/mol. The molecule has 0 unspecified atom stereocenters. The van der Waals surface area contributed by atoms with Crippen LogP contribution < -0.4 is 17.2 Å². The molecule has 9 N–H and O–H groups in total. The first-order chi connectivity index (χ1) is 11.2. The van der Waals surface area contributed by atoms with Gasteiger partial charge in [-0.15, -0.1) is 0 Å². The summed E-state index contributed by atoms with van der Waals surface area (Å²) in [6.07, 6.45) is 2.64. The number of carboxylic acid groups (broad SMARTS) is 1. The van der Waals surface area contributed by atoms with Crippen molar-refractivity contribution in [1.29, 1.82) is 0 Å². The number of carbonyl (C=O) groups excluding carboxylic acids is 1. The van der Waals surface area contributed by atoms with Gasteiger partial charge in [0.25, 0.3) is 0 Å². The van der Waals surface area contributed by atoms with Crippen LogP contribution in [0.15, 0.2) is 0 Å². The van der Waals surface area contributed by atoms with Gasteiger partial charge >= 0.3 is 13.1 Å². The van der Waals surface area contributed by atoms with Crippen LogP contribution in [0.3, 0.4) is 0 Å². The Bertz CT molecular complexity index is 439. The van der Waals surface area contributed by atoms with Crippen LogP contribution in [0.2, 0.25) is 6.32 Å². The van der Waals surface area contributed by atoms with E-state index in [4.69, 9.17) is 27.2 Å². The van der Waals surface area contributed by atoms with Crippen molar-refractivity contribution in [2.75, 3.05) is 19.6 Å². The molecule has 0 spiro atoms. The van der Waals surface area contributed by atoms with E-state index < -0.39 is 24.7 Å². The molecule has 1 aliphatic rings. The summed E-state index contributed by atoms with van der Waals surface area (Å²) in [5, 5.41) is 27.4. The van der Waals surface area contributed by atoms with Gasteiger partial charge in [-0.05, 0) is 38.0 Å². The molecule has 138 valence electrons. The van der Waals surface area contributed by atoms with Crippen molar-refractivity contribution in [3.05, 3.63) is 0 Å². The number of carboxylic acids is 1. The number of hydrogen-bond donors (Lipinski definition) is 6. The molecular formula is C14H29BN4O5. The van der Waals surface area contributed by atoms with Gasteiger partial charge in [0.2, 0.25) is 5.91 Å². The largest absolute Gasteiger partial charge is 0.480 e. The quantitative estimate of drug-likeness (QED) is 0.204. The average molecular weight is 344 g/mol. The maximum Gasteiger partial charge on any atom is 0.451 e. The molecule has 0 aromatic carbocycles. The van der Waals surface area contributed by atoms with Gasteiger partial charge in [0.05, 0.1) is 6.04 Å². The minimum absolute atomic E-state index is 0.0933. The molecule has 1 fully saturated rings. The Labute approximate surface area is 142 Å². The number of aliphatic carboxylic acids is 1. The summed E-state index contributed by atoms with van der Waals surface area (Å²) in [4.78, 5) is 25.4. The van der Waals surface area contributed by atoms with Crippen LogP contribution in [0.4, 0.5) is 0 Å². The van der Waals surface area contributed by atoms with Crippen LogP contribution in [-0.4, -0.2) is 70.3 Å². The van der Waals surface area contributed by atoms with Crippen molar-refractivity contribution < 1.29 is 24.7 Å². The number of carbonyl (C=O) groups is 2. The molecule has 0 radical (unpaired) electrons. The number of amides is 1. The van der Waals surface area contributed by atoms with Crippen LogP contribution in [0.5, 0.6) is 0 Å². The number of nitrogens with two attached hydrogens (primary N) is 3. The topological polar surface area (TPSA) is 176 Å². The zero-order chi connectivity index (χ0) is 18.3. The highest BCUT2D eigenvalue weighted by molar-refractivity contribution is 6.40. The number of likely N-dealkylation sites (tertiary alicyclic amines) is 1. The zero-order valence-electron chi connectivity index (χ0n) is 13.9. The molecule has 1 saturated heterocycles. The van der Waals surface area contributed by atoms with Gasteiger partial charge < -0.3 is 37.3 Å². The van der Waals surface area contributed by atoms with Crippen LogP contribution >= 0.6 is 0 Å². The van der Waals surface area contributed by atoms with E-state index in [0.717, 1.165) is 12.8 Å². The second-order valence-corrected chi connectivity index (χ2v) is 6.70. The molecule has 1 heterocycles. The summed E-state index contributed by atoms with van der Waals surface area (Å²) in [5.74, 6) is -1.72. The fraction of sp³-hybridized carbons (Fsp3) is 0.857. The molecule has 1 aliphatic heterocycles. The summed E-state index contributed by atoms with van der Waals surface area (Å²) in [6, 6.07) is -0.711. The maximum absolute atomic E-state index is 12.5. The highest BCUT2D eigenvalue weighted by Gasteiger charge is 2.44. The monoisotopic (exact) mass is 344 g/mol. The first kappa shape index (κ1) is 20.8. The van der Waals surface area contributed by atoms with E-state index in [9.17, 15) is 14.7 Å². The fourth-order valence-electron chi connectivity index (χ4n) is 3.13. The Morgan fingerprint density at radius 2 is 2.00 bits per heavy atom. The highest BCUT2D eigenvalue weighted by atomic mass is 16.4. The number of piperidine rings is 1. The second kappa shape index (κ2) is 9.33. The number of nitrogens with zero attached hydrogens (tertiary/aromatic N) is 1. The summed E-state index contributed by atoms with van der Waals surface area (Å²) in [7, 11) is -1.47. The van der Waals surface area contributed by atoms with Crippen molar-refractivity contribution in [2.24, 2.45) is 23.1 Å². The standard InChI is InChI=1S/C14H29BN4O5/c16-6-2-1-3-11(17)12(20)19-8-10(4-5-15(23)24)7-14(18,9-19)13(21)22/h10-11,23-24H,1-9,16-18H2,(H,21,22)/t10-,11-,14+/m0/s1. The summed E-state index contributed by atoms with van der Waals surface area (Å²) < 4.78 is 0. The van der Waals surface area contributed by atoms with Crippen molar-refractivity contribution in [3.63, 3.8) is 0 Å². The molecule has 0 aromatic rings. The molecule has 1 rings (SSSR count). The zero-order valence-corrected chi connectivity index (χ0v) is 13.9. The smallest absolute Gasteiger partial charge is 0.451 e. The lowest BCUT2D eigenvalue weighted by Gasteiger charge is -2.42. The van der Waals surface area contributed by atoms with Gasteiger partial charge in [0.1, 0.15) is 5.54 Å². The third-order valence-corrected chi connectivity index (χ3v) is 4.46. The molecule has 0 aliphatic carbocycles. The lowest BCUT2D eigenvalue weighted by molar-refractivity contribution is -0.149. The van der Waals surface area contributed by atoms with Crippen LogP contribution in [0.1, 0.15) is 32.1 Å². The molecule has 10 heteroatoms. The van der Waals surface area contributed by atoms with E-state index in [0.29, 0.717) is 25.9 Å². The number of hydrogen-bond acceptors (Lipinski definition) is 7. The van der Waals surface area contributed by atoms with E-state index in [-0.39, 0.29) is 31.1 Å². The van der Waals surface area contributed by atoms with E-state index in [1.807, 2.05) is 0 Å². The van der Waals surface area contributed by atoms with Gasteiger partial charge in [0.15, 0.2) is 0 Å². The van der Waals surface area contributed by atoms with E-state index >= 15 is 0 Å². The van der Waals surface area contributed by atoms with Gasteiger partial charge in [-0.1, -0.05) is 12.8 Å². The molecule has 0 aromatic heterocycles. The van der Waals surface area contributed by atoms with E-state index in [1.54, 1.807) is 0 Å². The highest BCUT2D eigenvalue weighted by Crippen LogP contribution is 2.28. The second-order valence-electron chi connectivity index (χ2n) is 6.70. The van der Waals surface area contributed by atoms with Gasteiger partial charge in [0, 0.05) is 13.1 Å². The third kappa shape index (κ3) is 6.02. The summed E-state index contributed by atoms with van der Waals surface area (Å²) >= 11 is 0. The lowest BCUT2D eigenvalue weighted by Crippen LogP contribution is -2.64. The normalized spacial score (nSPS) is 25.4. The van der Waals surface area contributed by atoms with E-state index in [1.165, 1.54) is 4.90 Å². The molecule has 3 atom stereocenters. The van der Waals surface area contributed by atoms with Crippen molar-refractivity contribution in [3.8, 4) is 0 Å². The molecule has 9 nitrogen and oxygen atoms in total. The third-order valence-electron chi connectivity index (χ3n) is 4.46. The Kier molecular flexibility index (Phi) is 8.11. The first-order valence-electron chi connectivity index (χ1n) is 8.32. The van der Waals surface area contributed by atoms with Crippen molar-refractivity contribution in [1.82, 2.24) is 4.90 Å². The minimum Gasteiger partial charge on any atom is -0.480 e. The Balaban J connectivity index is 2.76. The molecule has 1 amide bonds. The Morgan fingerprint density at radius 3 is 2.54 bits per heavy atom. The van der Waals surface area contributed by atoms with Gasteiger partial charge in [-0.25, -0.2) is 0 Å². The predicted octanol–water partition coefficient (Wildman–Crippen LogP) is -2.06. The van der Waals surface area contributed by atoms with Crippen LogP contribution in [0, 0.1) is 5.92 Å². The summed E-state index contributed by atoms with van der Waals surface area (Å²) in [5.41, 5.74) is 15.8. The Morgan fingerprint density at radius 1 is 1.33 bits per heavy atom. The van der Waals surface area contributed by atoms with Gasteiger partial charge in [-0.3, -0.25) is 9.59 Å². The van der Waals surface area contributed by atoms with E-state index in [2.05, 4.69) is 0 Å². The first-order valence-corrected chi connectivity index (χ1v) is 8.32. The fourth-order valence-corrected chi connectivity index (χ4v) is 3.13. The molecular weight excluding hydrogens is 315 g/mol.